The Bertz CT molecular complexity index is 1090. The molecule has 2 aromatic carbocycles. The molecule has 162 valence electrons. The summed E-state index contributed by atoms with van der Waals surface area (Å²) >= 11 is 1.19. The summed E-state index contributed by atoms with van der Waals surface area (Å²) in [6, 6.07) is 16.2. The summed E-state index contributed by atoms with van der Waals surface area (Å²) in [6.45, 7) is 7.68. The highest BCUT2D eigenvalue weighted by atomic mass is 32.2. The number of carbonyl (C=O) groups is 1. The van der Waals surface area contributed by atoms with Crippen LogP contribution < -0.4 is 4.74 Å². The van der Waals surface area contributed by atoms with Crippen molar-refractivity contribution in [2.45, 2.75) is 55.9 Å². The Labute approximate surface area is 185 Å². The normalized spacial score (nSPS) is 11.4. The van der Waals surface area contributed by atoms with Crippen molar-refractivity contribution in [2.75, 3.05) is 0 Å². The minimum absolute atomic E-state index is 0.00300. The number of aryl methyl sites for hydroxylation is 2. The lowest BCUT2D eigenvalue weighted by molar-refractivity contribution is -0.387. The maximum atomic E-state index is 12.7. The van der Waals surface area contributed by atoms with Crippen molar-refractivity contribution in [1.29, 1.82) is 0 Å². The predicted octanol–water partition coefficient (Wildman–Crippen LogP) is 5.54. The molecule has 0 aliphatic carbocycles. The first-order valence-corrected chi connectivity index (χ1v) is 10.7. The molecule has 1 heterocycles. The lowest BCUT2D eigenvalue weighted by Gasteiger charge is -2.22. The van der Waals surface area contributed by atoms with Gasteiger partial charge in [-0.3, -0.25) is 14.9 Å². The van der Waals surface area contributed by atoms with Crippen LogP contribution in [0.15, 0.2) is 64.4 Å². The fourth-order valence-corrected chi connectivity index (χ4v) is 4.03. The van der Waals surface area contributed by atoms with E-state index in [2.05, 4.69) is 5.10 Å². The zero-order chi connectivity index (χ0) is 22.6. The summed E-state index contributed by atoms with van der Waals surface area (Å²) in [4.78, 5) is 24.7. The Balaban J connectivity index is 1.91. The number of hydrogen-bond donors (Lipinski definition) is 0. The molecule has 0 fully saturated rings. The summed E-state index contributed by atoms with van der Waals surface area (Å²) < 4.78 is 7.46. The Kier molecular flexibility index (Phi) is 6.80. The van der Waals surface area contributed by atoms with Gasteiger partial charge in [0.1, 0.15) is 0 Å². The quantitative estimate of drug-likeness (QED) is 0.273. The molecule has 0 bridgehead atoms. The third-order valence-corrected chi connectivity index (χ3v) is 5.79. The van der Waals surface area contributed by atoms with E-state index in [1.807, 2.05) is 51.1 Å². The van der Waals surface area contributed by atoms with Gasteiger partial charge in [0.25, 0.3) is 5.69 Å². The molecular weight excluding hydrogens is 414 g/mol. The van der Waals surface area contributed by atoms with Crippen molar-refractivity contribution >= 4 is 23.4 Å². The van der Waals surface area contributed by atoms with Crippen LogP contribution in [0.4, 0.5) is 5.69 Å². The molecule has 0 saturated carbocycles. The minimum Gasteiger partial charge on any atom is -0.406 e. The third kappa shape index (κ3) is 5.52. The number of carbonyl (C=O) groups excluding carboxylic acids is 1. The number of rotatable bonds is 7. The molecule has 8 heteroatoms. The van der Waals surface area contributed by atoms with Gasteiger partial charge in [-0.05, 0) is 45.7 Å². The number of esters is 1. The summed E-state index contributed by atoms with van der Waals surface area (Å²) in [7, 11) is 0. The Morgan fingerprint density at radius 2 is 1.77 bits per heavy atom. The van der Waals surface area contributed by atoms with Gasteiger partial charge in [0.05, 0.1) is 32.4 Å². The van der Waals surface area contributed by atoms with Gasteiger partial charge in [-0.15, -0.1) is 0 Å². The van der Waals surface area contributed by atoms with Gasteiger partial charge in [0, 0.05) is 6.07 Å². The molecule has 3 rings (SSSR count). The van der Waals surface area contributed by atoms with Crippen molar-refractivity contribution in [3.8, 4) is 5.88 Å². The van der Waals surface area contributed by atoms with Gasteiger partial charge in [0.2, 0.25) is 5.88 Å². The van der Waals surface area contributed by atoms with E-state index in [0.717, 1.165) is 5.56 Å². The van der Waals surface area contributed by atoms with Crippen molar-refractivity contribution in [2.24, 2.45) is 0 Å². The Morgan fingerprint density at radius 1 is 1.13 bits per heavy atom. The van der Waals surface area contributed by atoms with Crippen LogP contribution in [0.25, 0.3) is 0 Å². The third-order valence-electron chi connectivity index (χ3n) is 4.55. The highest BCUT2D eigenvalue weighted by Gasteiger charge is 2.28. The van der Waals surface area contributed by atoms with E-state index < -0.39 is 10.5 Å². The van der Waals surface area contributed by atoms with E-state index in [9.17, 15) is 14.9 Å². The van der Waals surface area contributed by atoms with Crippen LogP contribution in [0.3, 0.4) is 0 Å². The molecule has 0 atom stereocenters. The Hall–Kier alpha value is -3.13. The molecule has 0 spiro atoms. The van der Waals surface area contributed by atoms with Crippen molar-refractivity contribution in [3.63, 3.8) is 0 Å². The number of aromatic nitrogens is 2. The van der Waals surface area contributed by atoms with Crippen molar-refractivity contribution < 1.29 is 14.5 Å². The van der Waals surface area contributed by atoms with Crippen molar-refractivity contribution in [1.82, 2.24) is 9.78 Å². The first-order chi connectivity index (χ1) is 14.7. The molecule has 0 N–H and O–H groups in total. The largest absolute Gasteiger partial charge is 0.406 e. The average Bonchev–Trinajstić information content (AvgIpc) is 3.03. The van der Waals surface area contributed by atoms with E-state index in [1.54, 1.807) is 29.8 Å². The number of para-hydroxylation sites is 1. The monoisotopic (exact) mass is 439 g/mol. The van der Waals surface area contributed by atoms with Gasteiger partial charge in [0.15, 0.2) is 0 Å². The van der Waals surface area contributed by atoms with Crippen LogP contribution >= 0.6 is 11.8 Å². The van der Waals surface area contributed by atoms with Gasteiger partial charge in [-0.2, -0.15) is 5.10 Å². The molecule has 0 aliphatic rings. The second-order valence-corrected chi connectivity index (χ2v) is 9.14. The average molecular weight is 440 g/mol. The lowest BCUT2D eigenvalue weighted by atomic mass is 10.1. The van der Waals surface area contributed by atoms with Crippen LogP contribution in [0, 0.1) is 17.0 Å². The minimum atomic E-state index is -0.443. The highest BCUT2D eigenvalue weighted by molar-refractivity contribution is 7.99. The molecule has 0 saturated heterocycles. The zero-order valence-corrected chi connectivity index (χ0v) is 18.8. The van der Waals surface area contributed by atoms with Gasteiger partial charge >= 0.3 is 5.97 Å². The number of nitrogens with zero attached hydrogens (tertiary/aromatic N) is 3. The summed E-state index contributed by atoms with van der Waals surface area (Å²) in [6.07, 6.45) is 0.781. The Morgan fingerprint density at radius 3 is 2.42 bits per heavy atom. The number of nitro benzene ring substituents is 1. The molecule has 3 aromatic rings. The first kappa shape index (κ1) is 22.6. The van der Waals surface area contributed by atoms with E-state index >= 15 is 0 Å². The summed E-state index contributed by atoms with van der Waals surface area (Å²) in [5.74, 6) is -0.0649. The van der Waals surface area contributed by atoms with Gasteiger partial charge in [-0.1, -0.05) is 54.2 Å². The predicted molar refractivity (Wildman–Crippen MR) is 120 cm³/mol. The second kappa shape index (κ2) is 9.34. The molecule has 1 aromatic heterocycles. The zero-order valence-electron chi connectivity index (χ0n) is 18.0. The summed E-state index contributed by atoms with van der Waals surface area (Å²) in [5, 5.41) is 16.0. The molecule has 31 heavy (non-hydrogen) atoms. The summed E-state index contributed by atoms with van der Waals surface area (Å²) in [5.41, 5.74) is 1.25. The lowest BCUT2D eigenvalue weighted by Crippen LogP contribution is -2.25. The second-order valence-electron chi connectivity index (χ2n) is 8.09. The van der Waals surface area contributed by atoms with E-state index in [4.69, 9.17) is 4.74 Å². The molecule has 0 aliphatic heterocycles. The maximum Gasteiger partial charge on any atom is 0.312 e. The number of hydrogen-bond acceptors (Lipinski definition) is 6. The van der Waals surface area contributed by atoms with E-state index in [-0.39, 0.29) is 18.1 Å². The fourth-order valence-electron chi connectivity index (χ4n) is 3.01. The molecule has 0 amide bonds. The maximum absolute atomic E-state index is 12.7. The number of nitro groups is 1. The van der Waals surface area contributed by atoms with Crippen LogP contribution in [-0.4, -0.2) is 20.7 Å². The topological polar surface area (TPSA) is 87.3 Å². The molecule has 0 radical (unpaired) electrons. The van der Waals surface area contributed by atoms with Gasteiger partial charge < -0.3 is 4.74 Å². The van der Waals surface area contributed by atoms with Crippen LogP contribution in [0.1, 0.15) is 38.4 Å². The first-order valence-electron chi connectivity index (χ1n) is 9.93. The van der Waals surface area contributed by atoms with Crippen LogP contribution in [-0.2, 0) is 16.8 Å². The van der Waals surface area contributed by atoms with E-state index in [1.165, 1.54) is 17.8 Å². The standard InChI is InChI=1S/C23H25N3O4S/c1-16-21(31-19-13-9-8-12-18(19)26(28)29)22(25(24-16)23(2,3)4)30-20(27)15-14-17-10-6-5-7-11-17/h5-13H,14-15H2,1-4H3. The van der Waals surface area contributed by atoms with Crippen molar-refractivity contribution in [3.05, 3.63) is 76.0 Å². The number of benzene rings is 2. The van der Waals surface area contributed by atoms with Crippen LogP contribution in [0.2, 0.25) is 0 Å². The highest BCUT2D eigenvalue weighted by Crippen LogP contribution is 2.42. The molecular formula is C23H25N3O4S. The SMILES string of the molecule is Cc1nn(C(C)(C)C)c(OC(=O)CCc2ccccc2)c1Sc1ccccc1[N+](=O)[O-]. The molecule has 0 unspecified atom stereocenters. The van der Waals surface area contributed by atoms with E-state index in [0.29, 0.717) is 27.8 Å². The smallest absolute Gasteiger partial charge is 0.312 e. The van der Waals surface area contributed by atoms with Crippen LogP contribution in [0.5, 0.6) is 5.88 Å². The van der Waals surface area contributed by atoms with Gasteiger partial charge in [-0.25, -0.2) is 4.68 Å². The molecule has 7 nitrogen and oxygen atoms in total. The fraction of sp³-hybridized carbons (Fsp3) is 0.304. The number of ether oxygens (including phenoxy) is 1.